The molecule has 0 radical (unpaired) electrons. The van der Waals surface area contributed by atoms with E-state index < -0.39 is 26.6 Å². The fourth-order valence-electron chi connectivity index (χ4n) is 1.99. The van der Waals surface area contributed by atoms with Crippen molar-refractivity contribution in [1.29, 1.82) is 0 Å². The van der Waals surface area contributed by atoms with Gasteiger partial charge in [0.1, 0.15) is 5.82 Å². The van der Waals surface area contributed by atoms with E-state index in [1.165, 1.54) is 0 Å². The molecule has 19 heavy (non-hydrogen) atoms. The molecular formula is C12H15FN2O3S. The lowest BCUT2D eigenvalue weighted by Gasteiger charge is -2.06. The van der Waals surface area contributed by atoms with Gasteiger partial charge in [0.25, 0.3) is 5.91 Å². The Morgan fingerprint density at radius 2 is 2.16 bits per heavy atom. The third kappa shape index (κ3) is 3.30. The normalized spacial score (nSPS) is 22.1. The quantitative estimate of drug-likeness (QED) is 0.865. The number of nitrogens with two attached hydrogens (primary N) is 1. The molecule has 104 valence electrons. The molecule has 2 unspecified atom stereocenters. The van der Waals surface area contributed by atoms with Crippen LogP contribution < -0.4 is 10.5 Å². The van der Waals surface area contributed by atoms with Crippen LogP contribution in [0.15, 0.2) is 23.1 Å². The molecule has 3 N–H and O–H groups in total. The number of amides is 1. The first-order valence-electron chi connectivity index (χ1n) is 5.95. The Hall–Kier alpha value is -1.47. The van der Waals surface area contributed by atoms with Gasteiger partial charge >= 0.3 is 0 Å². The third-order valence-electron chi connectivity index (χ3n) is 3.23. The summed E-state index contributed by atoms with van der Waals surface area (Å²) in [6.07, 6.45) is 1.87. The zero-order valence-electron chi connectivity index (χ0n) is 10.4. The van der Waals surface area contributed by atoms with E-state index in [0.29, 0.717) is 5.92 Å². The van der Waals surface area contributed by atoms with Crippen LogP contribution in [0.5, 0.6) is 0 Å². The molecule has 1 fully saturated rings. The first-order valence-corrected chi connectivity index (χ1v) is 7.50. The summed E-state index contributed by atoms with van der Waals surface area (Å²) >= 11 is 0. The van der Waals surface area contributed by atoms with E-state index in [0.717, 1.165) is 31.0 Å². The minimum atomic E-state index is -4.03. The molecule has 1 aliphatic rings. The van der Waals surface area contributed by atoms with Crippen molar-refractivity contribution in [2.75, 3.05) is 0 Å². The number of halogens is 1. The van der Waals surface area contributed by atoms with Crippen molar-refractivity contribution < 1.29 is 17.6 Å². The first kappa shape index (κ1) is 14.0. The highest BCUT2D eigenvalue weighted by molar-refractivity contribution is 7.89. The maximum atomic E-state index is 13.3. The molecule has 0 saturated heterocycles. The van der Waals surface area contributed by atoms with Crippen molar-refractivity contribution in [3.8, 4) is 0 Å². The summed E-state index contributed by atoms with van der Waals surface area (Å²) in [5.41, 5.74) is -0.0363. The minimum Gasteiger partial charge on any atom is -0.349 e. The molecule has 0 aromatic heterocycles. The van der Waals surface area contributed by atoms with Gasteiger partial charge in [-0.3, -0.25) is 4.79 Å². The van der Waals surface area contributed by atoms with Gasteiger partial charge in [0.15, 0.2) is 0 Å². The first-order chi connectivity index (χ1) is 8.81. The van der Waals surface area contributed by atoms with Gasteiger partial charge in [0.05, 0.1) is 4.90 Å². The van der Waals surface area contributed by atoms with Crippen LogP contribution in [0.1, 0.15) is 30.1 Å². The topological polar surface area (TPSA) is 89.3 Å². The van der Waals surface area contributed by atoms with E-state index in [9.17, 15) is 17.6 Å². The molecule has 1 aliphatic carbocycles. The Morgan fingerprint density at radius 1 is 1.47 bits per heavy atom. The highest BCUT2D eigenvalue weighted by Crippen LogP contribution is 2.33. The Balaban J connectivity index is 2.20. The number of rotatable bonds is 4. The molecule has 0 spiro atoms. The Labute approximate surface area is 111 Å². The number of benzene rings is 1. The zero-order valence-corrected chi connectivity index (χ0v) is 11.2. The van der Waals surface area contributed by atoms with Gasteiger partial charge < -0.3 is 5.32 Å². The molecule has 0 aliphatic heterocycles. The standard InChI is InChI=1S/C12H15FN2O3S/c1-2-7-5-11(7)15-12(16)8-3-9(13)6-10(4-8)19(14,17)18/h3-4,6-7,11H,2,5H2,1H3,(H,15,16)(H2,14,17,18). The number of hydrogen-bond acceptors (Lipinski definition) is 3. The summed E-state index contributed by atoms with van der Waals surface area (Å²) in [5.74, 6) is -0.833. The highest BCUT2D eigenvalue weighted by atomic mass is 32.2. The second kappa shape index (κ2) is 4.90. The van der Waals surface area contributed by atoms with Gasteiger partial charge in [-0.25, -0.2) is 17.9 Å². The smallest absolute Gasteiger partial charge is 0.251 e. The summed E-state index contributed by atoms with van der Waals surface area (Å²) in [7, 11) is -4.03. The number of sulfonamides is 1. The number of carbonyl (C=O) groups is 1. The van der Waals surface area contributed by atoms with Crippen molar-refractivity contribution in [2.24, 2.45) is 11.1 Å². The van der Waals surface area contributed by atoms with Gasteiger partial charge in [-0.05, 0) is 30.5 Å². The van der Waals surface area contributed by atoms with Crippen LogP contribution in [-0.4, -0.2) is 20.4 Å². The summed E-state index contributed by atoms with van der Waals surface area (Å²) < 4.78 is 35.7. The molecule has 1 aromatic rings. The SMILES string of the molecule is CCC1CC1NC(=O)c1cc(F)cc(S(N)(=O)=O)c1. The maximum absolute atomic E-state index is 13.3. The summed E-state index contributed by atoms with van der Waals surface area (Å²) in [6.45, 7) is 2.03. The molecule has 7 heteroatoms. The van der Waals surface area contributed by atoms with Crippen molar-refractivity contribution in [1.82, 2.24) is 5.32 Å². The van der Waals surface area contributed by atoms with Gasteiger partial charge in [-0.1, -0.05) is 13.3 Å². The van der Waals surface area contributed by atoms with Gasteiger partial charge in [0.2, 0.25) is 10.0 Å². The van der Waals surface area contributed by atoms with E-state index in [4.69, 9.17) is 5.14 Å². The van der Waals surface area contributed by atoms with Crippen LogP contribution in [0.3, 0.4) is 0 Å². The van der Waals surface area contributed by atoms with E-state index in [1.54, 1.807) is 0 Å². The second-order valence-electron chi connectivity index (χ2n) is 4.70. The molecule has 0 heterocycles. The van der Waals surface area contributed by atoms with Gasteiger partial charge in [-0.15, -0.1) is 0 Å². The lowest BCUT2D eigenvalue weighted by Crippen LogP contribution is -2.27. The summed E-state index contributed by atoms with van der Waals surface area (Å²) in [6, 6.07) is 2.96. The van der Waals surface area contributed by atoms with Crippen LogP contribution in [-0.2, 0) is 10.0 Å². The van der Waals surface area contributed by atoms with E-state index in [1.807, 2.05) is 6.92 Å². The van der Waals surface area contributed by atoms with E-state index in [2.05, 4.69) is 5.32 Å². The Morgan fingerprint density at radius 3 is 2.68 bits per heavy atom. The van der Waals surface area contributed by atoms with Crippen LogP contribution in [0, 0.1) is 11.7 Å². The zero-order chi connectivity index (χ0) is 14.2. The molecule has 2 rings (SSSR count). The Bertz CT molecular complexity index is 615. The average Bonchev–Trinajstić information content (AvgIpc) is 3.05. The molecule has 0 bridgehead atoms. The number of hydrogen-bond donors (Lipinski definition) is 2. The highest BCUT2D eigenvalue weighted by Gasteiger charge is 2.36. The van der Waals surface area contributed by atoms with Crippen molar-refractivity contribution in [3.05, 3.63) is 29.6 Å². The average molecular weight is 286 g/mol. The monoisotopic (exact) mass is 286 g/mol. The second-order valence-corrected chi connectivity index (χ2v) is 6.27. The number of nitrogens with one attached hydrogen (secondary N) is 1. The molecule has 1 amide bonds. The molecular weight excluding hydrogens is 271 g/mol. The van der Waals surface area contributed by atoms with E-state index >= 15 is 0 Å². The predicted molar refractivity (Wildman–Crippen MR) is 67.4 cm³/mol. The number of primary sulfonamides is 1. The van der Waals surface area contributed by atoms with Crippen LogP contribution in [0.2, 0.25) is 0 Å². The van der Waals surface area contributed by atoms with Crippen LogP contribution in [0.25, 0.3) is 0 Å². The number of carbonyl (C=O) groups excluding carboxylic acids is 1. The van der Waals surface area contributed by atoms with Crippen LogP contribution >= 0.6 is 0 Å². The lowest BCUT2D eigenvalue weighted by molar-refractivity contribution is 0.0948. The van der Waals surface area contributed by atoms with Crippen molar-refractivity contribution in [3.63, 3.8) is 0 Å². The molecule has 1 saturated carbocycles. The lowest BCUT2D eigenvalue weighted by atomic mass is 10.2. The minimum absolute atomic E-state index is 0.0363. The fraction of sp³-hybridized carbons (Fsp3) is 0.417. The molecule has 1 aromatic carbocycles. The van der Waals surface area contributed by atoms with E-state index in [-0.39, 0.29) is 11.6 Å². The third-order valence-corrected chi connectivity index (χ3v) is 4.12. The van der Waals surface area contributed by atoms with Crippen molar-refractivity contribution in [2.45, 2.75) is 30.7 Å². The van der Waals surface area contributed by atoms with Crippen molar-refractivity contribution >= 4 is 15.9 Å². The fourth-order valence-corrected chi connectivity index (χ4v) is 2.55. The summed E-state index contributed by atoms with van der Waals surface area (Å²) in [4.78, 5) is 11.5. The Kier molecular flexibility index (Phi) is 3.60. The van der Waals surface area contributed by atoms with Gasteiger partial charge in [0, 0.05) is 11.6 Å². The van der Waals surface area contributed by atoms with Gasteiger partial charge in [-0.2, -0.15) is 0 Å². The molecule has 5 nitrogen and oxygen atoms in total. The molecule has 2 atom stereocenters. The van der Waals surface area contributed by atoms with Crippen LogP contribution in [0.4, 0.5) is 4.39 Å². The largest absolute Gasteiger partial charge is 0.349 e. The predicted octanol–water partition coefficient (Wildman–Crippen LogP) is 1.00. The summed E-state index contributed by atoms with van der Waals surface area (Å²) in [5, 5.41) is 7.66. The maximum Gasteiger partial charge on any atom is 0.251 e.